The summed E-state index contributed by atoms with van der Waals surface area (Å²) in [6, 6.07) is 0. The van der Waals surface area contributed by atoms with Gasteiger partial charge in [-0.2, -0.15) is 0 Å². The lowest BCUT2D eigenvalue weighted by molar-refractivity contribution is 0.149. The van der Waals surface area contributed by atoms with Crippen molar-refractivity contribution in [2.75, 3.05) is 19.6 Å². The first-order chi connectivity index (χ1) is 7.04. The molecule has 0 aromatic rings. The Bertz CT molecular complexity index is 164. The third-order valence-electron chi connectivity index (χ3n) is 3.83. The lowest BCUT2D eigenvalue weighted by Crippen LogP contribution is -2.32. The van der Waals surface area contributed by atoms with Gasteiger partial charge in [-0.3, -0.25) is 0 Å². The first kappa shape index (κ1) is 13.0. The molecule has 3 N–H and O–H groups in total. The summed E-state index contributed by atoms with van der Waals surface area (Å²) in [6.45, 7) is 10.0. The third kappa shape index (κ3) is 4.52. The van der Waals surface area contributed by atoms with E-state index in [-0.39, 0.29) is 0 Å². The Hall–Kier alpha value is -0.0800. The molecule has 0 aromatic heterocycles. The Morgan fingerprint density at radius 3 is 2.20 bits per heavy atom. The molecule has 2 nitrogen and oxygen atoms in total. The van der Waals surface area contributed by atoms with E-state index in [1.807, 2.05) is 0 Å². The SMILES string of the molecule is CC(C)(C)C1CCC(CNCCN)CC1. The molecular weight excluding hydrogens is 184 g/mol. The predicted molar refractivity (Wildman–Crippen MR) is 66.8 cm³/mol. The van der Waals surface area contributed by atoms with E-state index in [0.29, 0.717) is 5.41 Å². The highest BCUT2D eigenvalue weighted by atomic mass is 14.9. The monoisotopic (exact) mass is 212 g/mol. The lowest BCUT2D eigenvalue weighted by Gasteiger charge is -2.37. The highest BCUT2D eigenvalue weighted by Crippen LogP contribution is 2.39. The first-order valence-corrected chi connectivity index (χ1v) is 6.45. The first-order valence-electron chi connectivity index (χ1n) is 6.45. The molecule has 15 heavy (non-hydrogen) atoms. The van der Waals surface area contributed by atoms with Gasteiger partial charge >= 0.3 is 0 Å². The van der Waals surface area contributed by atoms with E-state index in [1.54, 1.807) is 0 Å². The third-order valence-corrected chi connectivity index (χ3v) is 3.83. The zero-order valence-electron chi connectivity index (χ0n) is 10.7. The molecular formula is C13H28N2. The van der Waals surface area contributed by atoms with Crippen molar-refractivity contribution in [3.05, 3.63) is 0 Å². The van der Waals surface area contributed by atoms with Crippen molar-refractivity contribution in [1.82, 2.24) is 5.32 Å². The van der Waals surface area contributed by atoms with Crippen molar-refractivity contribution in [2.24, 2.45) is 23.0 Å². The second-order valence-electron chi connectivity index (χ2n) is 6.08. The van der Waals surface area contributed by atoms with Gasteiger partial charge in [0.25, 0.3) is 0 Å². The van der Waals surface area contributed by atoms with E-state index < -0.39 is 0 Å². The van der Waals surface area contributed by atoms with Crippen LogP contribution in [0.15, 0.2) is 0 Å². The van der Waals surface area contributed by atoms with Crippen molar-refractivity contribution in [1.29, 1.82) is 0 Å². The van der Waals surface area contributed by atoms with Gasteiger partial charge in [0.2, 0.25) is 0 Å². The molecule has 1 rings (SSSR count). The van der Waals surface area contributed by atoms with E-state index in [0.717, 1.165) is 24.9 Å². The smallest absolute Gasteiger partial charge is 0.00746 e. The molecule has 1 saturated carbocycles. The average Bonchev–Trinajstić information content (AvgIpc) is 2.18. The number of hydrogen-bond donors (Lipinski definition) is 2. The van der Waals surface area contributed by atoms with Gasteiger partial charge in [0, 0.05) is 13.1 Å². The second-order valence-corrected chi connectivity index (χ2v) is 6.08. The summed E-state index contributed by atoms with van der Waals surface area (Å²) >= 11 is 0. The molecule has 1 fully saturated rings. The molecule has 0 heterocycles. The summed E-state index contributed by atoms with van der Waals surface area (Å²) in [4.78, 5) is 0. The Morgan fingerprint density at radius 2 is 1.73 bits per heavy atom. The fourth-order valence-corrected chi connectivity index (χ4v) is 2.64. The minimum absolute atomic E-state index is 0.510. The molecule has 0 aromatic carbocycles. The van der Waals surface area contributed by atoms with Crippen LogP contribution in [0.4, 0.5) is 0 Å². The van der Waals surface area contributed by atoms with Gasteiger partial charge in [0.1, 0.15) is 0 Å². The van der Waals surface area contributed by atoms with Crippen LogP contribution in [-0.2, 0) is 0 Å². The molecule has 0 saturated heterocycles. The van der Waals surface area contributed by atoms with Crippen molar-refractivity contribution in [3.8, 4) is 0 Å². The molecule has 90 valence electrons. The normalized spacial score (nSPS) is 28.0. The summed E-state index contributed by atoms with van der Waals surface area (Å²) in [5.74, 6) is 1.83. The van der Waals surface area contributed by atoms with Gasteiger partial charge in [-0.1, -0.05) is 20.8 Å². The molecule has 0 amide bonds. The molecule has 2 heteroatoms. The van der Waals surface area contributed by atoms with E-state index in [2.05, 4.69) is 26.1 Å². The maximum atomic E-state index is 5.46. The number of rotatable bonds is 4. The predicted octanol–water partition coefficient (Wildman–Crippen LogP) is 2.39. The molecule has 1 aliphatic carbocycles. The van der Waals surface area contributed by atoms with E-state index in [9.17, 15) is 0 Å². The molecule has 0 unspecified atom stereocenters. The summed E-state index contributed by atoms with van der Waals surface area (Å²) in [6.07, 6.45) is 5.63. The van der Waals surface area contributed by atoms with Crippen LogP contribution in [0.1, 0.15) is 46.5 Å². The van der Waals surface area contributed by atoms with Crippen LogP contribution < -0.4 is 11.1 Å². The Balaban J connectivity index is 2.18. The van der Waals surface area contributed by atoms with Gasteiger partial charge in [-0.25, -0.2) is 0 Å². The minimum Gasteiger partial charge on any atom is -0.329 e. The van der Waals surface area contributed by atoms with Crippen molar-refractivity contribution >= 4 is 0 Å². The second kappa shape index (κ2) is 5.86. The molecule has 0 spiro atoms. The fourth-order valence-electron chi connectivity index (χ4n) is 2.64. The van der Waals surface area contributed by atoms with Gasteiger partial charge in [-0.05, 0) is 49.5 Å². The number of nitrogens with one attached hydrogen (secondary N) is 1. The summed E-state index contributed by atoms with van der Waals surface area (Å²) in [5.41, 5.74) is 5.97. The number of nitrogens with two attached hydrogens (primary N) is 1. The van der Waals surface area contributed by atoms with Crippen molar-refractivity contribution in [2.45, 2.75) is 46.5 Å². The zero-order valence-corrected chi connectivity index (χ0v) is 10.7. The van der Waals surface area contributed by atoms with Crippen LogP contribution in [0.5, 0.6) is 0 Å². The van der Waals surface area contributed by atoms with Gasteiger partial charge < -0.3 is 11.1 Å². The lowest BCUT2D eigenvalue weighted by atomic mass is 9.70. The Morgan fingerprint density at radius 1 is 1.13 bits per heavy atom. The Kier molecular flexibility index (Phi) is 5.07. The maximum absolute atomic E-state index is 5.46. The fraction of sp³-hybridized carbons (Fsp3) is 1.00. The van der Waals surface area contributed by atoms with Gasteiger partial charge in [0.05, 0.1) is 0 Å². The molecule has 1 aliphatic rings. The van der Waals surface area contributed by atoms with Crippen LogP contribution >= 0.6 is 0 Å². The van der Waals surface area contributed by atoms with E-state index in [4.69, 9.17) is 5.73 Å². The summed E-state index contributed by atoms with van der Waals surface area (Å²) < 4.78 is 0. The standard InChI is InChI=1S/C13H28N2/c1-13(2,3)12-6-4-11(5-7-12)10-15-9-8-14/h11-12,15H,4-10,14H2,1-3H3. The quantitative estimate of drug-likeness (QED) is 0.702. The van der Waals surface area contributed by atoms with Crippen LogP contribution in [0.25, 0.3) is 0 Å². The van der Waals surface area contributed by atoms with Crippen LogP contribution in [0.2, 0.25) is 0 Å². The van der Waals surface area contributed by atoms with Gasteiger partial charge in [-0.15, -0.1) is 0 Å². The summed E-state index contributed by atoms with van der Waals surface area (Å²) in [7, 11) is 0. The minimum atomic E-state index is 0.510. The van der Waals surface area contributed by atoms with Crippen LogP contribution in [0.3, 0.4) is 0 Å². The van der Waals surface area contributed by atoms with Gasteiger partial charge in [0.15, 0.2) is 0 Å². The molecule has 0 bridgehead atoms. The van der Waals surface area contributed by atoms with Crippen LogP contribution in [-0.4, -0.2) is 19.6 Å². The maximum Gasteiger partial charge on any atom is 0.00746 e. The van der Waals surface area contributed by atoms with Crippen LogP contribution in [0, 0.1) is 17.3 Å². The Labute approximate surface area is 95.0 Å². The molecule has 0 atom stereocenters. The average molecular weight is 212 g/mol. The molecule has 0 aliphatic heterocycles. The summed E-state index contributed by atoms with van der Waals surface area (Å²) in [5, 5.41) is 3.43. The van der Waals surface area contributed by atoms with Crippen molar-refractivity contribution in [3.63, 3.8) is 0 Å². The van der Waals surface area contributed by atoms with E-state index in [1.165, 1.54) is 32.2 Å². The van der Waals surface area contributed by atoms with Crippen molar-refractivity contribution < 1.29 is 0 Å². The van der Waals surface area contributed by atoms with E-state index >= 15 is 0 Å². The zero-order chi connectivity index (χ0) is 11.3. The largest absolute Gasteiger partial charge is 0.329 e. The highest BCUT2D eigenvalue weighted by molar-refractivity contribution is 4.81. The topological polar surface area (TPSA) is 38.0 Å². The highest BCUT2D eigenvalue weighted by Gasteiger charge is 2.29. The molecule has 0 radical (unpaired) electrons. The number of hydrogen-bond acceptors (Lipinski definition) is 2.